The molecule has 0 rings (SSSR count). The van der Waals surface area contributed by atoms with E-state index in [1.54, 1.807) is 0 Å². The van der Waals surface area contributed by atoms with E-state index in [9.17, 15) is 4.79 Å². The number of primary amides is 1. The van der Waals surface area contributed by atoms with Crippen LogP contribution in [0.1, 0.15) is 52.4 Å². The molecular formula is C11H26N2O2. The Balaban J connectivity index is 0. The molecule has 4 N–H and O–H groups in total. The minimum atomic E-state index is -0.675. The Labute approximate surface area is 93.3 Å². The Morgan fingerprint density at radius 2 is 1.60 bits per heavy atom. The highest BCUT2D eigenvalue weighted by atomic mass is 16.5. The van der Waals surface area contributed by atoms with E-state index in [0.717, 1.165) is 25.8 Å². The summed E-state index contributed by atoms with van der Waals surface area (Å²) in [6.07, 6.45) is 6.21. The van der Waals surface area contributed by atoms with Gasteiger partial charge in [-0.05, 0) is 19.4 Å². The van der Waals surface area contributed by atoms with Gasteiger partial charge in [-0.2, -0.15) is 0 Å². The van der Waals surface area contributed by atoms with Gasteiger partial charge in [0, 0.05) is 0 Å². The summed E-state index contributed by atoms with van der Waals surface area (Å²) in [5.74, 6) is 0. The molecule has 0 radical (unpaired) electrons. The van der Waals surface area contributed by atoms with Gasteiger partial charge >= 0.3 is 6.09 Å². The van der Waals surface area contributed by atoms with Crippen molar-refractivity contribution >= 4 is 6.09 Å². The topological polar surface area (TPSA) is 78.3 Å². The van der Waals surface area contributed by atoms with E-state index in [-0.39, 0.29) is 0 Å². The highest BCUT2D eigenvalue weighted by molar-refractivity contribution is 5.64. The fourth-order valence-corrected chi connectivity index (χ4v) is 0.919. The third-order valence-electron chi connectivity index (χ3n) is 1.80. The second kappa shape index (κ2) is 15.7. The van der Waals surface area contributed by atoms with Crippen LogP contribution in [0.5, 0.6) is 0 Å². The van der Waals surface area contributed by atoms with Crippen molar-refractivity contribution in [1.29, 1.82) is 0 Å². The number of ether oxygens (including phenoxy) is 1. The van der Waals surface area contributed by atoms with Gasteiger partial charge in [0.2, 0.25) is 0 Å². The molecule has 0 aliphatic rings. The molecule has 0 aromatic rings. The van der Waals surface area contributed by atoms with E-state index >= 15 is 0 Å². The molecule has 0 aromatic carbocycles. The summed E-state index contributed by atoms with van der Waals surface area (Å²) in [6.45, 7) is 5.58. The quantitative estimate of drug-likeness (QED) is 0.644. The van der Waals surface area contributed by atoms with Gasteiger partial charge in [0.15, 0.2) is 0 Å². The van der Waals surface area contributed by atoms with E-state index in [1.165, 1.54) is 19.3 Å². The number of hydrogen-bond donors (Lipinski definition) is 2. The molecule has 0 aliphatic heterocycles. The van der Waals surface area contributed by atoms with Crippen LogP contribution in [0.4, 0.5) is 4.79 Å². The smallest absolute Gasteiger partial charge is 0.404 e. The maximum Gasteiger partial charge on any atom is 0.404 e. The molecule has 0 atom stereocenters. The summed E-state index contributed by atoms with van der Waals surface area (Å²) in [7, 11) is 0. The summed E-state index contributed by atoms with van der Waals surface area (Å²) < 4.78 is 4.48. The zero-order valence-corrected chi connectivity index (χ0v) is 10.1. The minimum absolute atomic E-state index is 0.461. The lowest BCUT2D eigenvalue weighted by molar-refractivity contribution is 0.154. The largest absolute Gasteiger partial charge is 0.450 e. The molecule has 1 amide bonds. The fourth-order valence-electron chi connectivity index (χ4n) is 0.919. The van der Waals surface area contributed by atoms with Gasteiger partial charge in [0.05, 0.1) is 6.61 Å². The average molecular weight is 218 g/mol. The van der Waals surface area contributed by atoms with Crippen molar-refractivity contribution in [2.75, 3.05) is 13.2 Å². The molecule has 92 valence electrons. The lowest BCUT2D eigenvalue weighted by Crippen LogP contribution is -2.13. The third-order valence-corrected chi connectivity index (χ3v) is 1.80. The van der Waals surface area contributed by atoms with E-state index in [0.29, 0.717) is 6.61 Å². The van der Waals surface area contributed by atoms with Gasteiger partial charge in [0.25, 0.3) is 0 Å². The summed E-state index contributed by atoms with van der Waals surface area (Å²) in [5, 5.41) is 0. The molecule has 0 saturated heterocycles. The predicted octanol–water partition coefficient (Wildman–Crippen LogP) is 2.41. The number of carbonyl (C=O) groups is 1. The van der Waals surface area contributed by atoms with Crippen LogP contribution < -0.4 is 11.5 Å². The lowest BCUT2D eigenvalue weighted by atomic mass is 10.3. The number of nitrogens with two attached hydrogens (primary N) is 2. The van der Waals surface area contributed by atoms with Crippen molar-refractivity contribution < 1.29 is 9.53 Å². The van der Waals surface area contributed by atoms with Crippen molar-refractivity contribution in [1.82, 2.24) is 0 Å². The van der Waals surface area contributed by atoms with Gasteiger partial charge in [0.1, 0.15) is 0 Å². The van der Waals surface area contributed by atoms with Crippen LogP contribution in [0.15, 0.2) is 0 Å². The van der Waals surface area contributed by atoms with Crippen LogP contribution in [-0.2, 0) is 4.74 Å². The summed E-state index contributed by atoms with van der Waals surface area (Å²) in [5.41, 5.74) is 9.93. The van der Waals surface area contributed by atoms with Crippen LogP contribution in [0.25, 0.3) is 0 Å². The predicted molar refractivity (Wildman–Crippen MR) is 63.6 cm³/mol. The molecule has 0 aliphatic carbocycles. The van der Waals surface area contributed by atoms with Crippen molar-refractivity contribution in [3.05, 3.63) is 0 Å². The first-order valence-corrected chi connectivity index (χ1v) is 5.81. The van der Waals surface area contributed by atoms with E-state index in [4.69, 9.17) is 11.5 Å². The van der Waals surface area contributed by atoms with Gasteiger partial charge in [-0.3, -0.25) is 0 Å². The number of carbonyl (C=O) groups excluding carboxylic acids is 1. The van der Waals surface area contributed by atoms with Gasteiger partial charge in [-0.15, -0.1) is 0 Å². The van der Waals surface area contributed by atoms with Crippen LogP contribution >= 0.6 is 0 Å². The first-order valence-electron chi connectivity index (χ1n) is 5.81. The minimum Gasteiger partial charge on any atom is -0.450 e. The SMILES string of the molecule is CCCCCN.CCCCCOC(N)=O. The zero-order valence-electron chi connectivity index (χ0n) is 10.1. The first-order chi connectivity index (χ1) is 7.18. The van der Waals surface area contributed by atoms with Crippen LogP contribution in [0, 0.1) is 0 Å². The molecule has 0 unspecified atom stereocenters. The third kappa shape index (κ3) is 24.6. The molecule has 0 bridgehead atoms. The van der Waals surface area contributed by atoms with Crippen LogP contribution in [0.3, 0.4) is 0 Å². The Kier molecular flexibility index (Phi) is 17.4. The summed E-state index contributed by atoms with van der Waals surface area (Å²) >= 11 is 0. The maximum absolute atomic E-state index is 9.96. The van der Waals surface area contributed by atoms with E-state index < -0.39 is 6.09 Å². The standard InChI is InChI=1S/C6H13NO2.C5H13N/c1-2-3-4-5-9-6(7)8;1-2-3-4-5-6/h2-5H2,1H3,(H2,7,8);2-6H2,1H3. The van der Waals surface area contributed by atoms with Gasteiger partial charge < -0.3 is 16.2 Å². The van der Waals surface area contributed by atoms with Crippen molar-refractivity contribution in [2.45, 2.75) is 52.4 Å². The van der Waals surface area contributed by atoms with E-state index in [2.05, 4.69) is 18.6 Å². The van der Waals surface area contributed by atoms with Crippen molar-refractivity contribution in [2.24, 2.45) is 11.5 Å². The van der Waals surface area contributed by atoms with E-state index in [1.807, 2.05) is 0 Å². The summed E-state index contributed by atoms with van der Waals surface area (Å²) in [6, 6.07) is 0. The molecule has 0 saturated carbocycles. The van der Waals surface area contributed by atoms with Gasteiger partial charge in [-0.1, -0.05) is 39.5 Å². The fraction of sp³-hybridized carbons (Fsp3) is 0.909. The molecule has 0 spiro atoms. The number of hydrogen-bond acceptors (Lipinski definition) is 3. The summed E-state index contributed by atoms with van der Waals surface area (Å²) in [4.78, 5) is 9.96. The second-order valence-corrected chi connectivity index (χ2v) is 3.37. The highest BCUT2D eigenvalue weighted by Crippen LogP contribution is 1.93. The van der Waals surface area contributed by atoms with Gasteiger partial charge in [-0.25, -0.2) is 4.79 Å². The monoisotopic (exact) mass is 218 g/mol. The van der Waals surface area contributed by atoms with Crippen molar-refractivity contribution in [3.8, 4) is 0 Å². The normalized spacial score (nSPS) is 9.00. The molecule has 4 heteroatoms. The highest BCUT2D eigenvalue weighted by Gasteiger charge is 1.90. The molecule has 0 heterocycles. The Hall–Kier alpha value is -0.770. The maximum atomic E-state index is 9.96. The molecule has 4 nitrogen and oxygen atoms in total. The van der Waals surface area contributed by atoms with Crippen molar-refractivity contribution in [3.63, 3.8) is 0 Å². The number of amides is 1. The lowest BCUT2D eigenvalue weighted by Gasteiger charge is -1.97. The molecule has 15 heavy (non-hydrogen) atoms. The molecule has 0 aromatic heterocycles. The number of rotatable bonds is 7. The van der Waals surface area contributed by atoms with Crippen LogP contribution in [0.2, 0.25) is 0 Å². The molecular weight excluding hydrogens is 192 g/mol. The Morgan fingerprint density at radius 3 is 1.93 bits per heavy atom. The molecule has 0 fully saturated rings. The average Bonchev–Trinajstić information content (AvgIpc) is 2.22. The first kappa shape index (κ1) is 16.7. The Morgan fingerprint density at radius 1 is 1.07 bits per heavy atom. The Bertz CT molecular complexity index is 126. The van der Waals surface area contributed by atoms with Crippen LogP contribution in [-0.4, -0.2) is 19.2 Å². The number of unbranched alkanes of at least 4 members (excludes halogenated alkanes) is 4. The second-order valence-electron chi connectivity index (χ2n) is 3.37. The zero-order chi connectivity index (χ0) is 11.9.